The summed E-state index contributed by atoms with van der Waals surface area (Å²) in [7, 11) is 0. The van der Waals surface area contributed by atoms with E-state index in [0.29, 0.717) is 0 Å². The van der Waals surface area contributed by atoms with E-state index in [-0.39, 0.29) is 0 Å². The molecule has 0 N–H and O–H groups in total. The molecule has 0 heterocycles. The molecule has 0 aromatic carbocycles. The molecule has 0 radical (unpaired) electrons. The van der Waals surface area contributed by atoms with E-state index in [1.54, 1.807) is 6.08 Å². The zero-order valence-corrected chi connectivity index (χ0v) is 13.4. The van der Waals surface area contributed by atoms with E-state index in [1.165, 1.54) is 32.1 Å². The average Bonchev–Trinajstić information content (AvgIpc) is 2.22. The van der Waals surface area contributed by atoms with Gasteiger partial charge in [-0.3, -0.25) is 0 Å². The second kappa shape index (κ2) is 36.4. The molecule has 16 heavy (non-hydrogen) atoms. The molecule has 0 bridgehead atoms. The summed E-state index contributed by atoms with van der Waals surface area (Å²) in [5.41, 5.74) is 0. The van der Waals surface area contributed by atoms with Crippen LogP contribution < -0.4 is 0 Å². The molecule has 0 spiro atoms. The van der Waals surface area contributed by atoms with Gasteiger partial charge in [0.1, 0.15) is 0 Å². The number of hydrogen-bond acceptors (Lipinski definition) is 0. The number of allylic oxidation sites excluding steroid dienone is 1. The minimum atomic E-state index is 0.884. The maximum atomic E-state index is 3.36. The van der Waals surface area contributed by atoms with Crippen molar-refractivity contribution in [3.8, 4) is 0 Å². The quantitative estimate of drug-likeness (QED) is 0.465. The molecule has 0 rings (SSSR count). The largest absolute Gasteiger partial charge is 0.103 e. The normalized spacial score (nSPS) is 7.56. The van der Waals surface area contributed by atoms with Gasteiger partial charge in [-0.2, -0.15) is 0 Å². The van der Waals surface area contributed by atoms with Crippen LogP contribution in [-0.4, -0.2) is 0 Å². The summed E-state index contributed by atoms with van der Waals surface area (Å²) in [5, 5.41) is 0. The first kappa shape index (κ1) is 24.8. The molecular weight excluding hydrogens is 192 g/mol. The van der Waals surface area contributed by atoms with E-state index < -0.39 is 0 Å². The van der Waals surface area contributed by atoms with Gasteiger partial charge in [0.25, 0.3) is 0 Å². The lowest BCUT2D eigenvalue weighted by Gasteiger charge is -1.90. The van der Waals surface area contributed by atoms with Gasteiger partial charge in [-0.25, -0.2) is 0 Å². The van der Waals surface area contributed by atoms with Crippen LogP contribution in [0.5, 0.6) is 0 Å². The van der Waals surface area contributed by atoms with Crippen molar-refractivity contribution < 1.29 is 0 Å². The second-order valence-electron chi connectivity index (χ2n) is 4.27. The molecule has 0 aromatic heterocycles. The zero-order chi connectivity index (χ0) is 13.8. The molecule has 0 aliphatic heterocycles. The summed E-state index contributed by atoms with van der Waals surface area (Å²) < 4.78 is 0. The third-order valence-corrected chi connectivity index (χ3v) is 1.52. The van der Waals surface area contributed by atoms with Crippen LogP contribution in [-0.2, 0) is 0 Å². The smallest absolute Gasteiger partial charge is 0.0473 e. The van der Waals surface area contributed by atoms with Crippen molar-refractivity contribution in [3.63, 3.8) is 0 Å². The van der Waals surface area contributed by atoms with E-state index in [4.69, 9.17) is 0 Å². The van der Waals surface area contributed by atoms with Crippen LogP contribution in [0.4, 0.5) is 0 Å². The van der Waals surface area contributed by atoms with Crippen molar-refractivity contribution in [1.29, 1.82) is 0 Å². The van der Waals surface area contributed by atoms with Crippen LogP contribution in [0.2, 0.25) is 0 Å². The molecule has 0 atom stereocenters. The molecule has 102 valence electrons. The van der Waals surface area contributed by atoms with Gasteiger partial charge in [0.15, 0.2) is 0 Å². The van der Waals surface area contributed by atoms with Crippen molar-refractivity contribution in [3.05, 3.63) is 12.7 Å². The first-order valence-corrected chi connectivity index (χ1v) is 7.08. The van der Waals surface area contributed by atoms with Crippen LogP contribution in [0.15, 0.2) is 12.7 Å². The lowest BCUT2D eigenvalue weighted by atomic mass is 10.2. The van der Waals surface area contributed by atoms with Crippen LogP contribution in [0.1, 0.15) is 87.5 Å². The van der Waals surface area contributed by atoms with E-state index in [1.807, 2.05) is 6.92 Å². The fourth-order valence-corrected chi connectivity index (χ4v) is 0.354. The summed E-state index contributed by atoms with van der Waals surface area (Å²) in [6.45, 7) is 20.6. The molecule has 0 aliphatic carbocycles. The minimum absolute atomic E-state index is 0.884. The van der Waals surface area contributed by atoms with Gasteiger partial charge in [-0.05, 0) is 12.8 Å². The Bertz CT molecular complexity index is 70.1. The van der Waals surface area contributed by atoms with Gasteiger partial charge in [0.05, 0.1) is 0 Å². The lowest BCUT2D eigenvalue weighted by Crippen LogP contribution is -1.77. The van der Waals surface area contributed by atoms with Gasteiger partial charge >= 0.3 is 0 Å². The average molecular weight is 230 g/mol. The highest BCUT2D eigenvalue weighted by molar-refractivity contribution is 4.51. The molecule has 0 aromatic rings. The second-order valence-corrected chi connectivity index (χ2v) is 4.27. The third kappa shape index (κ3) is 159. The van der Waals surface area contributed by atoms with Crippen molar-refractivity contribution in [2.45, 2.75) is 87.5 Å². The Morgan fingerprint density at radius 3 is 1.12 bits per heavy atom. The fourth-order valence-electron chi connectivity index (χ4n) is 0.354. The third-order valence-electron chi connectivity index (χ3n) is 1.52. The molecule has 0 aliphatic rings. The highest BCUT2D eigenvalue weighted by Gasteiger charge is 1.80. The lowest BCUT2D eigenvalue weighted by molar-refractivity contribution is 0.626. The molecule has 0 amide bonds. The number of unbranched alkanes of at least 4 members (excludes halogenated alkanes) is 2. The zero-order valence-electron chi connectivity index (χ0n) is 13.4. The molecule has 0 fully saturated rings. The van der Waals surface area contributed by atoms with Gasteiger partial charge in [-0.15, -0.1) is 6.58 Å². The van der Waals surface area contributed by atoms with Crippen molar-refractivity contribution in [1.82, 2.24) is 0 Å². The summed E-state index contributed by atoms with van der Waals surface area (Å²) >= 11 is 0. The van der Waals surface area contributed by atoms with Crippen molar-refractivity contribution >= 4 is 0 Å². The van der Waals surface area contributed by atoms with Crippen LogP contribution in [0.3, 0.4) is 0 Å². The van der Waals surface area contributed by atoms with E-state index in [9.17, 15) is 0 Å². The molecule has 0 saturated carbocycles. The fraction of sp³-hybridized carbons (Fsp3) is 0.875. The van der Waals surface area contributed by atoms with E-state index in [2.05, 4.69) is 55.0 Å². The Labute approximate surface area is 107 Å². The highest BCUT2D eigenvalue weighted by atomic mass is 13.9. The molecule has 0 heteroatoms. The standard InChI is InChI=1S/2C5H12.C3H8.C3H6/c1-4-5(2)3;1-3-5-4-2;2*1-3-2/h5H,4H2,1-3H3;3-5H2,1-2H3;3H2,1-2H3;3H,1H2,2H3. The van der Waals surface area contributed by atoms with Crippen LogP contribution in [0.25, 0.3) is 0 Å². The van der Waals surface area contributed by atoms with E-state index in [0.717, 1.165) is 5.92 Å². The highest BCUT2D eigenvalue weighted by Crippen LogP contribution is 1.93. The summed E-state index contributed by atoms with van der Waals surface area (Å²) in [4.78, 5) is 0. The minimum Gasteiger partial charge on any atom is -0.103 e. The first-order valence-electron chi connectivity index (χ1n) is 7.08. The van der Waals surface area contributed by atoms with Gasteiger partial charge < -0.3 is 0 Å². The predicted octanol–water partition coefficient (Wildman–Crippen LogP) is 6.86. The Morgan fingerprint density at radius 2 is 1.12 bits per heavy atom. The van der Waals surface area contributed by atoms with Crippen LogP contribution >= 0.6 is 0 Å². The van der Waals surface area contributed by atoms with E-state index >= 15 is 0 Å². The van der Waals surface area contributed by atoms with Crippen molar-refractivity contribution in [2.75, 3.05) is 0 Å². The van der Waals surface area contributed by atoms with Gasteiger partial charge in [-0.1, -0.05) is 86.6 Å². The predicted molar refractivity (Wildman–Crippen MR) is 82.2 cm³/mol. The first-order chi connectivity index (χ1) is 7.51. The van der Waals surface area contributed by atoms with Crippen molar-refractivity contribution in [2.24, 2.45) is 5.92 Å². The topological polar surface area (TPSA) is 0 Å². The summed E-state index contributed by atoms with van der Waals surface area (Å²) in [5.74, 6) is 0.884. The summed E-state index contributed by atoms with van der Waals surface area (Å²) in [6, 6.07) is 0. The molecule has 0 nitrogen and oxygen atoms in total. The maximum absolute atomic E-state index is 3.36. The van der Waals surface area contributed by atoms with Crippen LogP contribution in [0, 0.1) is 5.92 Å². The van der Waals surface area contributed by atoms with Gasteiger partial charge in [0, 0.05) is 0 Å². The Kier molecular flexibility index (Phi) is 56.5. The number of rotatable bonds is 3. The molecule has 0 unspecified atom stereocenters. The Morgan fingerprint density at radius 1 is 0.938 bits per heavy atom. The number of hydrogen-bond donors (Lipinski definition) is 0. The molecule has 0 saturated heterocycles. The Balaban J connectivity index is -0.0000000621. The maximum Gasteiger partial charge on any atom is -0.0473 e. The Hall–Kier alpha value is -0.260. The SMILES string of the molecule is C=CC.CCC.CCC(C)C.CCCCC. The summed E-state index contributed by atoms with van der Waals surface area (Å²) in [6.07, 6.45) is 8.38. The van der Waals surface area contributed by atoms with Gasteiger partial charge in [0.2, 0.25) is 0 Å². The molecular formula is C16H38. The monoisotopic (exact) mass is 230 g/mol.